The number of anilines is 1. The smallest absolute Gasteiger partial charge is 0.338 e. The molecule has 1 amide bonds. The third-order valence-corrected chi connectivity index (χ3v) is 3.03. The summed E-state index contributed by atoms with van der Waals surface area (Å²) in [6.07, 6.45) is 0. The van der Waals surface area contributed by atoms with Gasteiger partial charge in [0.1, 0.15) is 5.75 Å². The van der Waals surface area contributed by atoms with E-state index < -0.39 is 18.5 Å². The van der Waals surface area contributed by atoms with Gasteiger partial charge in [-0.25, -0.2) is 4.79 Å². The van der Waals surface area contributed by atoms with Gasteiger partial charge in [-0.15, -0.1) is 0 Å². The highest BCUT2D eigenvalue weighted by molar-refractivity contribution is 5.95. The third-order valence-electron chi connectivity index (χ3n) is 3.03. The number of rotatable bonds is 6. The van der Waals surface area contributed by atoms with Crippen molar-refractivity contribution < 1.29 is 19.1 Å². The van der Waals surface area contributed by atoms with Crippen molar-refractivity contribution in [2.75, 3.05) is 18.5 Å². The van der Waals surface area contributed by atoms with Gasteiger partial charge in [0.15, 0.2) is 6.61 Å². The van der Waals surface area contributed by atoms with Gasteiger partial charge < -0.3 is 14.8 Å². The fourth-order valence-electron chi connectivity index (χ4n) is 1.89. The Morgan fingerprint density at radius 1 is 1.08 bits per heavy atom. The van der Waals surface area contributed by atoms with Gasteiger partial charge in [0.05, 0.1) is 23.8 Å². The maximum Gasteiger partial charge on any atom is 0.338 e. The molecule has 0 aliphatic carbocycles. The molecule has 0 saturated carbocycles. The molecule has 0 radical (unpaired) electrons. The van der Waals surface area contributed by atoms with Crippen molar-refractivity contribution >= 4 is 17.6 Å². The molecule has 6 nitrogen and oxygen atoms in total. The van der Waals surface area contributed by atoms with E-state index in [2.05, 4.69) is 5.32 Å². The van der Waals surface area contributed by atoms with E-state index in [0.29, 0.717) is 29.2 Å². The molecule has 0 aromatic heterocycles. The second kappa shape index (κ2) is 8.34. The Kier molecular flexibility index (Phi) is 5.92. The van der Waals surface area contributed by atoms with Gasteiger partial charge in [-0.3, -0.25) is 4.79 Å². The summed E-state index contributed by atoms with van der Waals surface area (Å²) in [6, 6.07) is 14.8. The summed E-state index contributed by atoms with van der Waals surface area (Å²) in [5, 5.41) is 11.3. The predicted molar refractivity (Wildman–Crippen MR) is 87.7 cm³/mol. The number of amides is 1. The molecule has 0 heterocycles. The summed E-state index contributed by atoms with van der Waals surface area (Å²) in [7, 11) is 0. The first-order valence-electron chi connectivity index (χ1n) is 7.32. The fraction of sp³-hybridized carbons (Fsp3) is 0.167. The van der Waals surface area contributed by atoms with Gasteiger partial charge >= 0.3 is 5.97 Å². The number of nitrogens with one attached hydrogen (secondary N) is 1. The zero-order valence-electron chi connectivity index (χ0n) is 13.1. The topological polar surface area (TPSA) is 88.4 Å². The lowest BCUT2D eigenvalue weighted by Crippen LogP contribution is -2.20. The van der Waals surface area contributed by atoms with E-state index in [4.69, 9.17) is 14.7 Å². The molecule has 0 spiro atoms. The highest BCUT2D eigenvalue weighted by atomic mass is 16.5. The SMILES string of the molecule is CCOc1ccc(C(=O)OCC(=O)Nc2ccc(C#N)cc2)cc1. The molecule has 0 aliphatic heterocycles. The fourth-order valence-corrected chi connectivity index (χ4v) is 1.89. The first-order valence-corrected chi connectivity index (χ1v) is 7.32. The summed E-state index contributed by atoms with van der Waals surface area (Å²) in [5.41, 5.74) is 1.36. The first-order chi connectivity index (χ1) is 11.6. The van der Waals surface area contributed by atoms with E-state index in [-0.39, 0.29) is 0 Å². The number of carbonyl (C=O) groups is 2. The molecule has 0 aliphatic rings. The number of nitrogens with zero attached hydrogens (tertiary/aromatic N) is 1. The number of ether oxygens (including phenoxy) is 2. The largest absolute Gasteiger partial charge is 0.494 e. The quantitative estimate of drug-likeness (QED) is 0.825. The Bertz CT molecular complexity index is 746. The lowest BCUT2D eigenvalue weighted by Gasteiger charge is -2.07. The molecule has 6 heteroatoms. The number of benzene rings is 2. The Labute approximate surface area is 139 Å². The summed E-state index contributed by atoms with van der Waals surface area (Å²) < 4.78 is 10.2. The van der Waals surface area contributed by atoms with E-state index in [1.165, 1.54) is 0 Å². The number of esters is 1. The third kappa shape index (κ3) is 4.85. The first kappa shape index (κ1) is 17.0. The molecule has 0 fully saturated rings. The summed E-state index contributed by atoms with van der Waals surface area (Å²) in [5.74, 6) is -0.389. The average Bonchev–Trinajstić information content (AvgIpc) is 2.61. The lowest BCUT2D eigenvalue weighted by atomic mass is 10.2. The monoisotopic (exact) mass is 324 g/mol. The maximum atomic E-state index is 11.9. The summed E-state index contributed by atoms with van der Waals surface area (Å²) in [6.45, 7) is 2.01. The number of hydrogen-bond acceptors (Lipinski definition) is 5. The van der Waals surface area contributed by atoms with Crippen LogP contribution in [0.2, 0.25) is 0 Å². The minimum Gasteiger partial charge on any atom is -0.494 e. The van der Waals surface area contributed by atoms with Crippen molar-refractivity contribution in [2.24, 2.45) is 0 Å². The van der Waals surface area contributed by atoms with Crippen molar-refractivity contribution in [3.63, 3.8) is 0 Å². The Hall–Kier alpha value is -3.33. The van der Waals surface area contributed by atoms with E-state index in [0.717, 1.165) is 0 Å². The van der Waals surface area contributed by atoms with Crippen LogP contribution in [0.4, 0.5) is 5.69 Å². The highest BCUT2D eigenvalue weighted by Gasteiger charge is 2.10. The molecule has 0 unspecified atom stereocenters. The van der Waals surface area contributed by atoms with Crippen LogP contribution in [0.5, 0.6) is 5.75 Å². The minimum atomic E-state index is -0.590. The molecular formula is C18H16N2O4. The lowest BCUT2D eigenvalue weighted by molar-refractivity contribution is -0.119. The van der Waals surface area contributed by atoms with Crippen LogP contribution in [0.1, 0.15) is 22.8 Å². The second-order valence-corrected chi connectivity index (χ2v) is 4.77. The Morgan fingerprint density at radius 3 is 2.33 bits per heavy atom. The predicted octanol–water partition coefficient (Wildman–Crippen LogP) is 2.75. The van der Waals surface area contributed by atoms with Gasteiger partial charge in [-0.1, -0.05) is 0 Å². The standard InChI is InChI=1S/C18H16N2O4/c1-2-23-16-9-5-14(6-10-16)18(22)24-12-17(21)20-15-7-3-13(11-19)4-8-15/h3-10H,2,12H2,1H3,(H,20,21). The van der Waals surface area contributed by atoms with E-state index in [1.807, 2.05) is 13.0 Å². The Morgan fingerprint density at radius 2 is 1.75 bits per heavy atom. The van der Waals surface area contributed by atoms with Gasteiger partial charge in [0, 0.05) is 5.69 Å². The second-order valence-electron chi connectivity index (χ2n) is 4.77. The number of hydrogen-bond donors (Lipinski definition) is 1. The highest BCUT2D eigenvalue weighted by Crippen LogP contribution is 2.13. The molecule has 2 rings (SSSR count). The van der Waals surface area contributed by atoms with Crippen molar-refractivity contribution in [1.29, 1.82) is 5.26 Å². The molecule has 0 atom stereocenters. The van der Waals surface area contributed by atoms with Gasteiger partial charge in [0.2, 0.25) is 0 Å². The maximum absolute atomic E-state index is 11.9. The molecule has 1 N–H and O–H groups in total. The normalized spacial score (nSPS) is 9.67. The zero-order chi connectivity index (χ0) is 17.4. The number of nitriles is 1. The summed E-state index contributed by atoms with van der Waals surface area (Å²) in [4.78, 5) is 23.6. The molecular weight excluding hydrogens is 308 g/mol. The van der Waals surface area contributed by atoms with Gasteiger partial charge in [-0.05, 0) is 55.5 Å². The van der Waals surface area contributed by atoms with E-state index >= 15 is 0 Å². The van der Waals surface area contributed by atoms with E-state index in [1.54, 1.807) is 48.5 Å². The molecule has 0 saturated heterocycles. The molecule has 122 valence electrons. The van der Waals surface area contributed by atoms with Crippen LogP contribution in [0.3, 0.4) is 0 Å². The Balaban J connectivity index is 1.84. The van der Waals surface area contributed by atoms with Crippen LogP contribution in [-0.2, 0) is 9.53 Å². The van der Waals surface area contributed by atoms with Crippen LogP contribution in [0.15, 0.2) is 48.5 Å². The van der Waals surface area contributed by atoms with Crippen LogP contribution >= 0.6 is 0 Å². The van der Waals surface area contributed by atoms with Crippen LogP contribution < -0.4 is 10.1 Å². The zero-order valence-corrected chi connectivity index (χ0v) is 13.1. The number of carbonyl (C=O) groups excluding carboxylic acids is 2. The van der Waals surface area contributed by atoms with Crippen molar-refractivity contribution in [1.82, 2.24) is 0 Å². The molecule has 24 heavy (non-hydrogen) atoms. The van der Waals surface area contributed by atoms with Crippen LogP contribution in [-0.4, -0.2) is 25.1 Å². The van der Waals surface area contributed by atoms with Crippen molar-refractivity contribution in [2.45, 2.75) is 6.92 Å². The molecule has 2 aromatic carbocycles. The summed E-state index contributed by atoms with van der Waals surface area (Å²) >= 11 is 0. The van der Waals surface area contributed by atoms with E-state index in [9.17, 15) is 9.59 Å². The van der Waals surface area contributed by atoms with Crippen LogP contribution in [0, 0.1) is 11.3 Å². The molecule has 2 aromatic rings. The van der Waals surface area contributed by atoms with Crippen molar-refractivity contribution in [3.05, 3.63) is 59.7 Å². The average molecular weight is 324 g/mol. The minimum absolute atomic E-state index is 0.338. The van der Waals surface area contributed by atoms with Crippen molar-refractivity contribution in [3.8, 4) is 11.8 Å². The van der Waals surface area contributed by atoms with Gasteiger partial charge in [0.25, 0.3) is 5.91 Å². The molecule has 0 bridgehead atoms. The van der Waals surface area contributed by atoms with Crippen LogP contribution in [0.25, 0.3) is 0 Å². The van der Waals surface area contributed by atoms with Gasteiger partial charge in [-0.2, -0.15) is 5.26 Å².